The van der Waals surface area contributed by atoms with Crippen molar-refractivity contribution < 1.29 is 13.9 Å². The number of aldehydes is 1. The number of halogens is 3. The van der Waals surface area contributed by atoms with Gasteiger partial charge in [-0.3, -0.25) is 4.79 Å². The van der Waals surface area contributed by atoms with Crippen molar-refractivity contribution in [1.29, 1.82) is 0 Å². The minimum absolute atomic E-state index is 0.138. The zero-order valence-corrected chi connectivity index (χ0v) is 12.0. The fraction of sp³-hybridized carbons (Fsp3) is 0.0714. The van der Waals surface area contributed by atoms with Gasteiger partial charge in [-0.15, -0.1) is 0 Å². The fourth-order valence-electron chi connectivity index (χ4n) is 1.57. The van der Waals surface area contributed by atoms with Crippen molar-refractivity contribution in [2.75, 3.05) is 0 Å². The second-order valence-corrected chi connectivity index (χ2v) is 4.97. The van der Waals surface area contributed by atoms with E-state index in [1.54, 1.807) is 30.3 Å². The van der Waals surface area contributed by atoms with E-state index in [1.807, 2.05) is 0 Å². The first-order valence-electron chi connectivity index (χ1n) is 5.43. The highest BCUT2D eigenvalue weighted by molar-refractivity contribution is 9.10. The van der Waals surface area contributed by atoms with Gasteiger partial charge < -0.3 is 4.74 Å². The molecule has 0 bridgehead atoms. The van der Waals surface area contributed by atoms with E-state index >= 15 is 0 Å². The Balaban J connectivity index is 2.21. The van der Waals surface area contributed by atoms with Crippen molar-refractivity contribution in [2.45, 2.75) is 6.61 Å². The molecular formula is C14H9BrClFO2. The third kappa shape index (κ3) is 3.14. The number of rotatable bonds is 4. The average molecular weight is 344 g/mol. The second-order valence-electron chi connectivity index (χ2n) is 3.77. The molecule has 2 aromatic rings. The van der Waals surface area contributed by atoms with Crippen LogP contribution in [0.2, 0.25) is 5.02 Å². The molecule has 0 N–H and O–H groups in total. The summed E-state index contributed by atoms with van der Waals surface area (Å²) in [6, 6.07) is 9.61. The molecule has 0 radical (unpaired) electrons. The predicted molar refractivity (Wildman–Crippen MR) is 75.3 cm³/mol. The Morgan fingerprint density at radius 3 is 2.74 bits per heavy atom. The summed E-state index contributed by atoms with van der Waals surface area (Å²) in [5.74, 6) is 0.0152. The number of carbonyl (C=O) groups excluding carboxylic acids is 1. The number of ether oxygens (including phenoxy) is 1. The molecule has 19 heavy (non-hydrogen) atoms. The molecule has 5 heteroatoms. The smallest absolute Gasteiger partial charge is 0.155 e. The van der Waals surface area contributed by atoms with Crippen LogP contribution in [0.15, 0.2) is 40.9 Å². The molecule has 2 rings (SSSR count). The number of hydrogen-bond donors (Lipinski definition) is 0. The maximum Gasteiger partial charge on any atom is 0.155 e. The van der Waals surface area contributed by atoms with Crippen LogP contribution >= 0.6 is 27.5 Å². The van der Waals surface area contributed by atoms with Crippen LogP contribution in [0.3, 0.4) is 0 Å². The lowest BCUT2D eigenvalue weighted by Crippen LogP contribution is -2.00. The largest absolute Gasteiger partial charge is 0.488 e. The van der Waals surface area contributed by atoms with Crippen LogP contribution in [-0.2, 0) is 6.61 Å². The molecule has 0 atom stereocenters. The van der Waals surface area contributed by atoms with Gasteiger partial charge in [0.05, 0.1) is 15.1 Å². The lowest BCUT2D eigenvalue weighted by molar-refractivity contribution is 0.111. The SMILES string of the molecule is O=Cc1c(Cl)cccc1OCc1cccc(F)c1Br. The molecule has 0 aliphatic rings. The van der Waals surface area contributed by atoms with Gasteiger partial charge in [0.25, 0.3) is 0 Å². The van der Waals surface area contributed by atoms with Crippen LogP contribution in [-0.4, -0.2) is 6.29 Å². The van der Waals surface area contributed by atoms with Gasteiger partial charge in [-0.1, -0.05) is 29.8 Å². The van der Waals surface area contributed by atoms with Gasteiger partial charge in [0.2, 0.25) is 0 Å². The zero-order chi connectivity index (χ0) is 13.8. The molecule has 0 spiro atoms. The summed E-state index contributed by atoms with van der Waals surface area (Å²) in [6.45, 7) is 0.138. The van der Waals surface area contributed by atoms with Crippen LogP contribution in [0, 0.1) is 5.82 Å². The highest BCUT2D eigenvalue weighted by Gasteiger charge is 2.09. The van der Waals surface area contributed by atoms with E-state index < -0.39 is 0 Å². The molecule has 2 nitrogen and oxygen atoms in total. The topological polar surface area (TPSA) is 26.3 Å². The summed E-state index contributed by atoms with van der Waals surface area (Å²) in [4.78, 5) is 10.9. The minimum Gasteiger partial charge on any atom is -0.488 e. The van der Waals surface area contributed by atoms with Crippen molar-refractivity contribution in [3.05, 3.63) is 62.8 Å². The Hall–Kier alpha value is -1.39. The van der Waals surface area contributed by atoms with E-state index in [-0.39, 0.29) is 18.0 Å². The number of benzene rings is 2. The Morgan fingerprint density at radius 2 is 2.00 bits per heavy atom. The molecule has 0 aliphatic heterocycles. The van der Waals surface area contributed by atoms with Gasteiger partial charge in [0.1, 0.15) is 18.2 Å². The van der Waals surface area contributed by atoms with E-state index in [4.69, 9.17) is 16.3 Å². The van der Waals surface area contributed by atoms with Gasteiger partial charge in [-0.05, 0) is 34.1 Å². The van der Waals surface area contributed by atoms with Gasteiger partial charge in [-0.2, -0.15) is 0 Å². The second kappa shape index (κ2) is 6.17. The van der Waals surface area contributed by atoms with Gasteiger partial charge in [0.15, 0.2) is 6.29 Å². The molecule has 0 amide bonds. The lowest BCUT2D eigenvalue weighted by atomic mass is 10.2. The molecule has 0 saturated carbocycles. The van der Waals surface area contributed by atoms with Crippen molar-refractivity contribution >= 4 is 33.8 Å². The summed E-state index contributed by atoms with van der Waals surface area (Å²) in [6.07, 6.45) is 0.637. The van der Waals surface area contributed by atoms with Gasteiger partial charge >= 0.3 is 0 Å². The molecular weight excluding hydrogens is 335 g/mol. The van der Waals surface area contributed by atoms with Crippen LogP contribution < -0.4 is 4.74 Å². The Morgan fingerprint density at radius 1 is 1.26 bits per heavy atom. The Labute approximate surface area is 123 Å². The lowest BCUT2D eigenvalue weighted by Gasteiger charge is -2.10. The highest BCUT2D eigenvalue weighted by Crippen LogP contribution is 2.27. The van der Waals surface area contributed by atoms with E-state index in [0.717, 1.165) is 0 Å². The number of hydrogen-bond acceptors (Lipinski definition) is 2. The number of carbonyl (C=O) groups is 1. The summed E-state index contributed by atoms with van der Waals surface area (Å²) >= 11 is 9.04. The normalized spacial score (nSPS) is 10.3. The van der Waals surface area contributed by atoms with Crippen LogP contribution in [0.25, 0.3) is 0 Å². The highest BCUT2D eigenvalue weighted by atomic mass is 79.9. The summed E-state index contributed by atoms with van der Waals surface area (Å²) in [7, 11) is 0. The average Bonchev–Trinajstić information content (AvgIpc) is 2.40. The Kier molecular flexibility index (Phi) is 4.56. The van der Waals surface area contributed by atoms with E-state index in [2.05, 4.69) is 15.9 Å². The third-order valence-corrected chi connectivity index (χ3v) is 3.76. The fourth-order valence-corrected chi connectivity index (χ4v) is 2.16. The van der Waals surface area contributed by atoms with Crippen molar-refractivity contribution in [2.24, 2.45) is 0 Å². The van der Waals surface area contributed by atoms with Crippen molar-refractivity contribution in [1.82, 2.24) is 0 Å². The standard InChI is InChI=1S/C14H9BrClFO2/c15-14-9(3-1-5-12(14)17)8-19-13-6-2-4-11(16)10(13)7-18/h1-7H,8H2. The molecule has 0 aromatic heterocycles. The molecule has 2 aromatic carbocycles. The molecule has 0 saturated heterocycles. The van der Waals surface area contributed by atoms with E-state index in [0.29, 0.717) is 27.1 Å². The zero-order valence-electron chi connectivity index (χ0n) is 9.70. The van der Waals surface area contributed by atoms with Gasteiger partial charge in [-0.25, -0.2) is 4.39 Å². The monoisotopic (exact) mass is 342 g/mol. The van der Waals surface area contributed by atoms with E-state index in [1.165, 1.54) is 6.07 Å². The molecule has 98 valence electrons. The van der Waals surface area contributed by atoms with Crippen LogP contribution in [0.4, 0.5) is 4.39 Å². The molecule has 0 heterocycles. The Bertz CT molecular complexity index is 616. The van der Waals surface area contributed by atoms with Crippen molar-refractivity contribution in [3.63, 3.8) is 0 Å². The van der Waals surface area contributed by atoms with Crippen molar-refractivity contribution in [3.8, 4) is 5.75 Å². The molecule has 0 unspecified atom stereocenters. The van der Waals surface area contributed by atoms with E-state index in [9.17, 15) is 9.18 Å². The minimum atomic E-state index is -0.359. The first-order valence-corrected chi connectivity index (χ1v) is 6.60. The maximum absolute atomic E-state index is 13.3. The maximum atomic E-state index is 13.3. The summed E-state index contributed by atoms with van der Waals surface area (Å²) < 4.78 is 19.2. The molecule has 0 aliphatic carbocycles. The third-order valence-electron chi connectivity index (χ3n) is 2.55. The first-order chi connectivity index (χ1) is 9.13. The predicted octanol–water partition coefficient (Wildman–Crippen LogP) is 4.63. The first kappa shape index (κ1) is 14.0. The summed E-state index contributed by atoms with van der Waals surface area (Å²) in [5, 5.41) is 0.325. The molecule has 0 fully saturated rings. The van der Waals surface area contributed by atoms with Crippen LogP contribution in [0.5, 0.6) is 5.75 Å². The quantitative estimate of drug-likeness (QED) is 0.756. The summed E-state index contributed by atoms with van der Waals surface area (Å²) in [5.41, 5.74) is 0.938. The van der Waals surface area contributed by atoms with Gasteiger partial charge in [0, 0.05) is 5.56 Å². The van der Waals surface area contributed by atoms with Crippen LogP contribution in [0.1, 0.15) is 15.9 Å².